The number of Topliss-reactive ketones (excluding diaryl/α,β-unsaturated/α-hetero) is 1. The van der Waals surface area contributed by atoms with Crippen molar-refractivity contribution in [2.24, 2.45) is 23.2 Å². The van der Waals surface area contributed by atoms with Crippen LogP contribution in [0.5, 0.6) is 0 Å². The molecule has 1 aromatic rings. The van der Waals surface area contributed by atoms with E-state index in [4.69, 9.17) is 0 Å². The van der Waals surface area contributed by atoms with Crippen molar-refractivity contribution < 1.29 is 9.90 Å². The van der Waals surface area contributed by atoms with Crippen LogP contribution < -0.4 is 4.90 Å². The zero-order valence-corrected chi connectivity index (χ0v) is 19.6. The van der Waals surface area contributed by atoms with Gasteiger partial charge in [0.05, 0.1) is 12.1 Å². The standard InChI is InChI=1S/C28H40N2O2/c31-25(18-27-15-21-12-22(16-27)14-23(13-21)17-27)19-29-10-7-28(32,8-11-29)20-30-9-3-5-24-4-1-2-6-26(24)30/h1-2,4,6,21-23,32H,3,5,7-20H2. The second kappa shape index (κ2) is 8.13. The first-order valence-electron chi connectivity index (χ1n) is 13.3. The van der Waals surface area contributed by atoms with Crippen LogP contribution in [-0.2, 0) is 11.2 Å². The summed E-state index contributed by atoms with van der Waals surface area (Å²) in [6.07, 6.45) is 13.0. The van der Waals surface area contributed by atoms with Crippen molar-refractivity contribution in [3.05, 3.63) is 29.8 Å². The quantitative estimate of drug-likeness (QED) is 0.716. The predicted molar refractivity (Wildman–Crippen MR) is 128 cm³/mol. The molecular formula is C28H40N2O2. The number of hydrogen-bond acceptors (Lipinski definition) is 4. The summed E-state index contributed by atoms with van der Waals surface area (Å²) >= 11 is 0. The van der Waals surface area contributed by atoms with Gasteiger partial charge in [-0.25, -0.2) is 0 Å². The highest BCUT2D eigenvalue weighted by atomic mass is 16.3. The largest absolute Gasteiger partial charge is 0.388 e. The van der Waals surface area contributed by atoms with Crippen molar-refractivity contribution in [3.8, 4) is 0 Å². The maximum atomic E-state index is 13.1. The van der Waals surface area contributed by atoms with Gasteiger partial charge in [0.1, 0.15) is 5.78 Å². The fourth-order valence-corrected chi connectivity index (χ4v) is 8.65. The van der Waals surface area contributed by atoms with Crippen LogP contribution in [0.25, 0.3) is 0 Å². The van der Waals surface area contributed by atoms with Gasteiger partial charge in [-0.15, -0.1) is 0 Å². The number of nitrogens with zero attached hydrogens (tertiary/aromatic N) is 2. The van der Waals surface area contributed by atoms with Gasteiger partial charge in [-0.2, -0.15) is 0 Å². The van der Waals surface area contributed by atoms with Crippen LogP contribution in [0.15, 0.2) is 24.3 Å². The van der Waals surface area contributed by atoms with E-state index >= 15 is 0 Å². The number of aryl methyl sites for hydroxylation is 1. The van der Waals surface area contributed by atoms with Gasteiger partial charge < -0.3 is 10.0 Å². The first kappa shape index (κ1) is 21.2. The van der Waals surface area contributed by atoms with Crippen molar-refractivity contribution in [1.82, 2.24) is 4.90 Å². The van der Waals surface area contributed by atoms with E-state index in [9.17, 15) is 9.90 Å². The second-order valence-corrected chi connectivity index (χ2v) is 12.3. The molecule has 0 spiro atoms. The third-order valence-electron chi connectivity index (χ3n) is 9.62. The molecule has 0 radical (unpaired) electrons. The topological polar surface area (TPSA) is 43.8 Å². The average Bonchev–Trinajstić information content (AvgIpc) is 2.74. The number of rotatable bonds is 6. The van der Waals surface area contributed by atoms with Crippen LogP contribution in [0.1, 0.15) is 69.8 Å². The molecule has 1 aromatic carbocycles. The van der Waals surface area contributed by atoms with Crippen LogP contribution in [-0.4, -0.2) is 54.1 Å². The molecule has 5 fully saturated rings. The Morgan fingerprint density at radius 2 is 1.62 bits per heavy atom. The number of fused-ring (bicyclic) bond motifs is 1. The molecule has 4 nitrogen and oxygen atoms in total. The number of likely N-dealkylation sites (tertiary alicyclic amines) is 1. The van der Waals surface area contributed by atoms with Crippen LogP contribution in [0, 0.1) is 23.2 Å². The van der Waals surface area contributed by atoms with E-state index in [0.29, 0.717) is 17.7 Å². The van der Waals surface area contributed by atoms with Crippen molar-refractivity contribution in [1.29, 1.82) is 0 Å². The van der Waals surface area contributed by atoms with Crippen molar-refractivity contribution in [2.75, 3.05) is 37.6 Å². The Bertz CT molecular complexity index is 821. The van der Waals surface area contributed by atoms with Gasteiger partial charge >= 0.3 is 0 Å². The Hall–Kier alpha value is -1.39. The fourth-order valence-electron chi connectivity index (χ4n) is 8.65. The zero-order chi connectivity index (χ0) is 21.8. The third-order valence-corrected chi connectivity index (χ3v) is 9.62. The van der Waals surface area contributed by atoms with Gasteiger partial charge in [-0.1, -0.05) is 18.2 Å². The number of ketones is 1. The van der Waals surface area contributed by atoms with Gasteiger partial charge in [-0.05, 0) is 99.0 Å². The SMILES string of the molecule is O=C(CN1CCC(O)(CN2CCCc3ccccc32)CC1)CC12CC3CC(CC(C3)C1)C2. The third kappa shape index (κ3) is 4.14. The van der Waals surface area contributed by atoms with Gasteiger partial charge in [0.15, 0.2) is 0 Å². The molecule has 2 aliphatic heterocycles. The number of anilines is 1. The molecule has 7 rings (SSSR count). The maximum absolute atomic E-state index is 13.1. The molecule has 32 heavy (non-hydrogen) atoms. The highest BCUT2D eigenvalue weighted by Crippen LogP contribution is 2.61. The predicted octanol–water partition coefficient (Wildman–Crippen LogP) is 4.44. The summed E-state index contributed by atoms with van der Waals surface area (Å²) in [6, 6.07) is 8.66. The van der Waals surface area contributed by atoms with E-state index in [1.807, 2.05) is 0 Å². The minimum atomic E-state index is -0.635. The average molecular weight is 437 g/mol. The molecule has 0 amide bonds. The molecule has 174 valence electrons. The number of benzene rings is 1. The molecule has 4 heteroatoms. The van der Waals surface area contributed by atoms with Gasteiger partial charge in [0.25, 0.3) is 0 Å². The first-order valence-corrected chi connectivity index (χ1v) is 13.3. The van der Waals surface area contributed by atoms with Crippen LogP contribution in [0.3, 0.4) is 0 Å². The van der Waals surface area contributed by atoms with E-state index in [1.54, 1.807) is 0 Å². The van der Waals surface area contributed by atoms with E-state index in [0.717, 1.165) is 76.0 Å². The molecule has 4 bridgehead atoms. The van der Waals surface area contributed by atoms with E-state index < -0.39 is 5.60 Å². The Labute approximate surface area is 193 Å². The lowest BCUT2D eigenvalue weighted by molar-refractivity contribution is -0.129. The molecule has 0 aromatic heterocycles. The monoisotopic (exact) mass is 436 g/mol. The Kier molecular flexibility index (Phi) is 5.37. The Morgan fingerprint density at radius 3 is 2.31 bits per heavy atom. The molecule has 6 aliphatic rings. The Balaban J connectivity index is 1.02. The molecule has 4 aliphatic carbocycles. The maximum Gasteiger partial charge on any atom is 0.147 e. The van der Waals surface area contributed by atoms with Crippen LogP contribution >= 0.6 is 0 Å². The number of hydrogen-bond donors (Lipinski definition) is 1. The lowest BCUT2D eigenvalue weighted by atomic mass is 9.48. The number of carbonyl (C=O) groups is 1. The van der Waals surface area contributed by atoms with Crippen molar-refractivity contribution in [2.45, 2.75) is 76.2 Å². The number of carbonyl (C=O) groups excluding carboxylic acids is 1. The number of β-amino-alcohol motifs (C(OH)–C–C–N with tert-alkyl or cyclic N) is 1. The summed E-state index contributed by atoms with van der Waals surface area (Å²) in [5.74, 6) is 3.21. The highest BCUT2D eigenvalue weighted by molar-refractivity contribution is 5.81. The lowest BCUT2D eigenvalue weighted by Gasteiger charge is -2.56. The van der Waals surface area contributed by atoms with Crippen LogP contribution in [0.2, 0.25) is 0 Å². The molecule has 0 unspecified atom stereocenters. The highest BCUT2D eigenvalue weighted by Gasteiger charge is 2.51. The number of aliphatic hydroxyl groups is 1. The van der Waals surface area contributed by atoms with Crippen molar-refractivity contribution >= 4 is 11.5 Å². The van der Waals surface area contributed by atoms with Crippen LogP contribution in [0.4, 0.5) is 5.69 Å². The summed E-state index contributed by atoms with van der Waals surface area (Å²) in [6.45, 7) is 4.05. The summed E-state index contributed by atoms with van der Waals surface area (Å²) in [5, 5.41) is 11.4. The zero-order valence-electron chi connectivity index (χ0n) is 19.6. The summed E-state index contributed by atoms with van der Waals surface area (Å²) in [4.78, 5) is 17.8. The number of piperidine rings is 1. The first-order chi connectivity index (χ1) is 15.5. The molecule has 2 heterocycles. The Morgan fingerprint density at radius 1 is 0.969 bits per heavy atom. The molecule has 4 saturated carbocycles. The molecule has 0 atom stereocenters. The van der Waals surface area contributed by atoms with Gasteiger partial charge in [-0.3, -0.25) is 9.69 Å². The summed E-state index contributed by atoms with van der Waals surface area (Å²) < 4.78 is 0. The van der Waals surface area contributed by atoms with E-state index in [1.165, 1.54) is 49.8 Å². The van der Waals surface area contributed by atoms with Crippen molar-refractivity contribution in [3.63, 3.8) is 0 Å². The molecule has 1 saturated heterocycles. The minimum Gasteiger partial charge on any atom is -0.388 e. The second-order valence-electron chi connectivity index (χ2n) is 12.3. The number of para-hydroxylation sites is 1. The minimum absolute atomic E-state index is 0.351. The molecule has 1 N–H and O–H groups in total. The summed E-state index contributed by atoms with van der Waals surface area (Å²) in [5.41, 5.74) is 2.43. The smallest absolute Gasteiger partial charge is 0.147 e. The van der Waals surface area contributed by atoms with Gasteiger partial charge in [0.2, 0.25) is 0 Å². The van der Waals surface area contributed by atoms with Gasteiger partial charge in [0, 0.05) is 38.3 Å². The molecular weight excluding hydrogens is 396 g/mol. The lowest BCUT2D eigenvalue weighted by Crippen LogP contribution is -2.53. The summed E-state index contributed by atoms with van der Waals surface area (Å²) in [7, 11) is 0. The normalized spacial score (nSPS) is 35.7. The van der Waals surface area contributed by atoms with E-state index in [2.05, 4.69) is 34.1 Å². The fraction of sp³-hybridized carbons (Fsp3) is 0.750. The van der Waals surface area contributed by atoms with E-state index in [-0.39, 0.29) is 0 Å².